The van der Waals surface area contributed by atoms with Gasteiger partial charge in [0.15, 0.2) is 0 Å². The first-order valence-corrected chi connectivity index (χ1v) is 5.52. The minimum absolute atomic E-state index is 0.188. The quantitative estimate of drug-likeness (QED) is 0.806. The molecule has 0 aromatic carbocycles. The number of halogens is 4. The largest absolute Gasteiger partial charge is 0.450 e. The van der Waals surface area contributed by atoms with Gasteiger partial charge in [0, 0.05) is 26.0 Å². The molecule has 2 rings (SSSR count). The molecule has 7 heteroatoms. The molecule has 0 fully saturated rings. The minimum atomic E-state index is -4.46. The number of pyridine rings is 1. The van der Waals surface area contributed by atoms with Gasteiger partial charge >= 0.3 is 6.18 Å². The molecule has 0 aliphatic carbocycles. The lowest BCUT2D eigenvalue weighted by Crippen LogP contribution is -2.12. The minimum Gasteiger partial charge on any atom is -0.378 e. The SMILES string of the molecule is CN(C)c1ccn2c(C(F)(F)F)nc(Br)c2c1. The van der Waals surface area contributed by atoms with E-state index < -0.39 is 12.0 Å². The molecule has 0 radical (unpaired) electrons. The Morgan fingerprint density at radius 1 is 1.35 bits per heavy atom. The Labute approximate surface area is 104 Å². The van der Waals surface area contributed by atoms with Crippen LogP contribution < -0.4 is 4.90 Å². The molecule has 0 unspecified atom stereocenters. The van der Waals surface area contributed by atoms with Crippen molar-refractivity contribution >= 4 is 27.1 Å². The molecule has 0 atom stereocenters. The molecule has 0 aliphatic heterocycles. The highest BCUT2D eigenvalue weighted by Gasteiger charge is 2.36. The van der Waals surface area contributed by atoms with Crippen molar-refractivity contribution in [3.05, 3.63) is 28.8 Å². The number of hydrogen-bond acceptors (Lipinski definition) is 2. The van der Waals surface area contributed by atoms with Gasteiger partial charge in [-0.25, -0.2) is 4.98 Å². The number of nitrogens with zero attached hydrogens (tertiary/aromatic N) is 3. The van der Waals surface area contributed by atoms with Gasteiger partial charge in [-0.15, -0.1) is 0 Å². The fraction of sp³-hybridized carbons (Fsp3) is 0.300. The van der Waals surface area contributed by atoms with Crippen LogP contribution in [0.1, 0.15) is 5.82 Å². The highest BCUT2D eigenvalue weighted by molar-refractivity contribution is 9.10. The standard InChI is InChI=1S/C10H9BrF3N3/c1-16(2)6-3-4-17-7(5-6)8(11)15-9(17)10(12,13)14/h3-5H,1-2H3. The molecule has 3 nitrogen and oxygen atoms in total. The third-order valence-corrected chi connectivity index (χ3v) is 2.94. The van der Waals surface area contributed by atoms with E-state index in [4.69, 9.17) is 0 Å². The van der Waals surface area contributed by atoms with Crippen LogP contribution in [0.4, 0.5) is 18.9 Å². The molecule has 0 bridgehead atoms. The summed E-state index contributed by atoms with van der Waals surface area (Å²) in [5.41, 5.74) is 1.20. The maximum atomic E-state index is 12.7. The third kappa shape index (κ3) is 2.11. The van der Waals surface area contributed by atoms with E-state index in [1.54, 1.807) is 12.1 Å². The van der Waals surface area contributed by atoms with E-state index in [0.29, 0.717) is 5.52 Å². The molecule has 2 aromatic rings. The Bertz CT molecular complexity index is 560. The lowest BCUT2D eigenvalue weighted by Gasteiger charge is -2.13. The van der Waals surface area contributed by atoms with E-state index in [1.165, 1.54) is 6.20 Å². The maximum absolute atomic E-state index is 12.7. The number of anilines is 1. The molecular formula is C10H9BrF3N3. The summed E-state index contributed by atoms with van der Waals surface area (Å²) in [6, 6.07) is 3.25. The topological polar surface area (TPSA) is 20.5 Å². The number of aromatic nitrogens is 2. The average Bonchev–Trinajstić information content (AvgIpc) is 2.55. The summed E-state index contributed by atoms with van der Waals surface area (Å²) in [6.07, 6.45) is -3.10. The van der Waals surface area contributed by atoms with Gasteiger partial charge in [-0.2, -0.15) is 13.2 Å². The van der Waals surface area contributed by atoms with Crippen molar-refractivity contribution in [3.63, 3.8) is 0 Å². The van der Waals surface area contributed by atoms with E-state index >= 15 is 0 Å². The van der Waals surface area contributed by atoms with Crippen LogP contribution in [0.25, 0.3) is 5.52 Å². The average molecular weight is 308 g/mol. The highest BCUT2D eigenvalue weighted by Crippen LogP contribution is 2.32. The van der Waals surface area contributed by atoms with Crippen molar-refractivity contribution in [2.24, 2.45) is 0 Å². The van der Waals surface area contributed by atoms with Gasteiger partial charge in [0.05, 0.1) is 5.52 Å². The van der Waals surface area contributed by atoms with Crippen LogP contribution in [0.5, 0.6) is 0 Å². The molecule has 17 heavy (non-hydrogen) atoms. The monoisotopic (exact) mass is 307 g/mol. The molecule has 2 heterocycles. The first-order valence-electron chi connectivity index (χ1n) is 4.73. The fourth-order valence-electron chi connectivity index (χ4n) is 1.51. The Morgan fingerprint density at radius 2 is 2.00 bits per heavy atom. The molecule has 0 saturated carbocycles. The molecular weight excluding hydrogens is 299 g/mol. The Morgan fingerprint density at radius 3 is 2.53 bits per heavy atom. The summed E-state index contributed by atoms with van der Waals surface area (Å²) in [4.78, 5) is 5.31. The van der Waals surface area contributed by atoms with Crippen molar-refractivity contribution in [1.29, 1.82) is 0 Å². The summed E-state index contributed by atoms with van der Waals surface area (Å²) in [5.74, 6) is -0.926. The smallest absolute Gasteiger partial charge is 0.378 e. The van der Waals surface area contributed by atoms with Crippen molar-refractivity contribution in [1.82, 2.24) is 9.38 Å². The van der Waals surface area contributed by atoms with Gasteiger partial charge in [0.2, 0.25) is 5.82 Å². The maximum Gasteiger partial charge on any atom is 0.450 e. The lowest BCUT2D eigenvalue weighted by molar-refractivity contribution is -0.145. The van der Waals surface area contributed by atoms with Gasteiger partial charge in [-0.3, -0.25) is 4.40 Å². The molecule has 0 spiro atoms. The second-order valence-electron chi connectivity index (χ2n) is 3.76. The van der Waals surface area contributed by atoms with Crippen LogP contribution in [0.2, 0.25) is 0 Å². The Hall–Kier alpha value is -1.24. The Balaban J connectivity index is 2.70. The summed E-state index contributed by atoms with van der Waals surface area (Å²) >= 11 is 3.04. The number of alkyl halides is 3. The van der Waals surface area contributed by atoms with Gasteiger partial charge in [-0.05, 0) is 28.1 Å². The van der Waals surface area contributed by atoms with E-state index in [1.807, 2.05) is 19.0 Å². The second kappa shape index (κ2) is 3.90. The number of rotatable bonds is 1. The molecule has 0 N–H and O–H groups in total. The van der Waals surface area contributed by atoms with Crippen LogP contribution in [0.3, 0.4) is 0 Å². The van der Waals surface area contributed by atoms with Crippen LogP contribution in [-0.2, 0) is 6.18 Å². The normalized spacial score (nSPS) is 12.1. The van der Waals surface area contributed by atoms with Gasteiger partial charge in [0.1, 0.15) is 4.60 Å². The Kier molecular flexibility index (Phi) is 2.81. The van der Waals surface area contributed by atoms with Crippen LogP contribution >= 0.6 is 15.9 Å². The highest BCUT2D eigenvalue weighted by atomic mass is 79.9. The van der Waals surface area contributed by atoms with Crippen LogP contribution in [-0.4, -0.2) is 23.5 Å². The van der Waals surface area contributed by atoms with Crippen molar-refractivity contribution in [2.75, 3.05) is 19.0 Å². The van der Waals surface area contributed by atoms with E-state index in [9.17, 15) is 13.2 Å². The lowest BCUT2D eigenvalue weighted by atomic mass is 10.3. The summed E-state index contributed by atoms with van der Waals surface area (Å²) in [6.45, 7) is 0. The summed E-state index contributed by atoms with van der Waals surface area (Å²) in [5, 5.41) is 0. The molecule has 2 aromatic heterocycles. The number of fused-ring (bicyclic) bond motifs is 1. The van der Waals surface area contributed by atoms with Crippen molar-refractivity contribution in [3.8, 4) is 0 Å². The summed E-state index contributed by atoms with van der Waals surface area (Å²) < 4.78 is 39.2. The van der Waals surface area contributed by atoms with E-state index in [2.05, 4.69) is 20.9 Å². The predicted octanol–water partition coefficient (Wildman–Crippen LogP) is 3.18. The van der Waals surface area contributed by atoms with E-state index in [0.717, 1.165) is 10.1 Å². The zero-order valence-corrected chi connectivity index (χ0v) is 10.7. The molecule has 0 saturated heterocycles. The molecule has 0 aliphatic rings. The fourth-order valence-corrected chi connectivity index (χ4v) is 1.99. The van der Waals surface area contributed by atoms with Gasteiger partial charge < -0.3 is 4.90 Å². The number of imidazole rings is 1. The van der Waals surface area contributed by atoms with Gasteiger partial charge in [-0.1, -0.05) is 0 Å². The molecule has 92 valence electrons. The number of hydrogen-bond donors (Lipinski definition) is 0. The van der Waals surface area contributed by atoms with Crippen molar-refractivity contribution < 1.29 is 13.2 Å². The van der Waals surface area contributed by atoms with Crippen molar-refractivity contribution in [2.45, 2.75) is 6.18 Å². The zero-order chi connectivity index (χ0) is 12.8. The van der Waals surface area contributed by atoms with Gasteiger partial charge in [0.25, 0.3) is 0 Å². The van der Waals surface area contributed by atoms with E-state index in [-0.39, 0.29) is 4.60 Å². The summed E-state index contributed by atoms with van der Waals surface area (Å²) in [7, 11) is 3.64. The zero-order valence-electron chi connectivity index (χ0n) is 9.09. The van der Waals surface area contributed by atoms with Crippen LogP contribution in [0, 0.1) is 0 Å². The second-order valence-corrected chi connectivity index (χ2v) is 4.51. The molecule has 0 amide bonds. The third-order valence-electron chi connectivity index (χ3n) is 2.35. The first kappa shape index (κ1) is 12.2. The van der Waals surface area contributed by atoms with Crippen LogP contribution in [0.15, 0.2) is 22.9 Å². The first-order chi connectivity index (χ1) is 7.80. The predicted molar refractivity (Wildman–Crippen MR) is 62.2 cm³/mol.